The Hall–Kier alpha value is -2.53. The fourth-order valence-corrected chi connectivity index (χ4v) is 3.44. The summed E-state index contributed by atoms with van der Waals surface area (Å²) in [5, 5.41) is 1.16. The molecular formula is C23H22ClF2NO2. The standard InChI is InChI=1S/C23H22ClF2NO2/c1-13-16-6-5-7-18(24)19(16)27-21(29-22(25)26)17(13)12-14-8-10-15(11-9-14)20(28)23(2,3)4/h5-11,22H,12H2,1-4H3. The summed E-state index contributed by atoms with van der Waals surface area (Å²) in [6, 6.07) is 12.5. The van der Waals surface area contributed by atoms with Crippen LogP contribution in [0.15, 0.2) is 42.5 Å². The summed E-state index contributed by atoms with van der Waals surface area (Å²) in [6.45, 7) is 4.45. The minimum Gasteiger partial charge on any atom is -0.417 e. The van der Waals surface area contributed by atoms with E-state index in [9.17, 15) is 13.6 Å². The number of nitrogens with zero attached hydrogens (tertiary/aromatic N) is 1. The number of carbonyl (C=O) groups excluding carboxylic acids is 1. The average molecular weight is 418 g/mol. The van der Waals surface area contributed by atoms with Crippen LogP contribution < -0.4 is 4.74 Å². The van der Waals surface area contributed by atoms with Gasteiger partial charge in [0.1, 0.15) is 0 Å². The number of ether oxygens (including phenoxy) is 1. The lowest BCUT2D eigenvalue weighted by molar-refractivity contribution is -0.0532. The topological polar surface area (TPSA) is 39.2 Å². The van der Waals surface area contributed by atoms with E-state index in [0.717, 1.165) is 16.5 Å². The number of benzene rings is 2. The van der Waals surface area contributed by atoms with E-state index in [-0.39, 0.29) is 11.7 Å². The molecule has 29 heavy (non-hydrogen) atoms. The monoisotopic (exact) mass is 417 g/mol. The Morgan fingerprint density at radius 1 is 1.14 bits per heavy atom. The van der Waals surface area contributed by atoms with Gasteiger partial charge in [-0.25, -0.2) is 4.98 Å². The SMILES string of the molecule is Cc1c(Cc2ccc(C(=O)C(C)(C)C)cc2)c(OC(F)F)nc2c(Cl)cccc12. The van der Waals surface area contributed by atoms with E-state index in [0.29, 0.717) is 28.1 Å². The van der Waals surface area contributed by atoms with Crippen LogP contribution in [0.25, 0.3) is 10.9 Å². The third kappa shape index (κ3) is 4.56. The Bertz CT molecular complexity index is 1060. The van der Waals surface area contributed by atoms with Crippen molar-refractivity contribution in [1.29, 1.82) is 0 Å². The number of para-hydroxylation sites is 1. The molecule has 0 saturated heterocycles. The van der Waals surface area contributed by atoms with Gasteiger partial charge in [0.2, 0.25) is 5.88 Å². The number of carbonyl (C=O) groups is 1. The highest BCUT2D eigenvalue weighted by molar-refractivity contribution is 6.35. The molecule has 0 spiro atoms. The Balaban J connectivity index is 2.03. The van der Waals surface area contributed by atoms with E-state index in [1.807, 2.05) is 45.9 Å². The highest BCUT2D eigenvalue weighted by atomic mass is 35.5. The average Bonchev–Trinajstić information content (AvgIpc) is 2.64. The maximum absolute atomic E-state index is 13.0. The molecule has 0 unspecified atom stereocenters. The lowest BCUT2D eigenvalue weighted by atomic mass is 9.86. The van der Waals surface area contributed by atoms with Crippen LogP contribution >= 0.6 is 11.6 Å². The van der Waals surface area contributed by atoms with Gasteiger partial charge in [-0.15, -0.1) is 0 Å². The second kappa shape index (κ2) is 8.07. The number of hydrogen-bond acceptors (Lipinski definition) is 3. The second-order valence-electron chi connectivity index (χ2n) is 7.99. The number of Topliss-reactive ketones (excluding diaryl/α,β-unsaturated/α-hetero) is 1. The van der Waals surface area contributed by atoms with Crippen LogP contribution in [0, 0.1) is 12.3 Å². The summed E-state index contributed by atoms with van der Waals surface area (Å²) in [7, 11) is 0. The maximum atomic E-state index is 13.0. The van der Waals surface area contributed by atoms with Crippen LogP contribution in [0.1, 0.15) is 47.8 Å². The Morgan fingerprint density at radius 3 is 2.38 bits per heavy atom. The van der Waals surface area contributed by atoms with Crippen LogP contribution in [-0.2, 0) is 6.42 Å². The number of aryl methyl sites for hydroxylation is 1. The smallest absolute Gasteiger partial charge is 0.388 e. The fourth-order valence-electron chi connectivity index (χ4n) is 3.22. The van der Waals surface area contributed by atoms with E-state index < -0.39 is 12.0 Å². The molecule has 0 aliphatic heterocycles. The predicted molar refractivity (Wildman–Crippen MR) is 111 cm³/mol. The molecule has 0 bridgehead atoms. The Kier molecular flexibility index (Phi) is 5.90. The van der Waals surface area contributed by atoms with Crippen molar-refractivity contribution < 1.29 is 18.3 Å². The zero-order valence-corrected chi connectivity index (χ0v) is 17.5. The van der Waals surface area contributed by atoms with Crippen LogP contribution in [0.3, 0.4) is 0 Å². The minimum atomic E-state index is -2.99. The number of aromatic nitrogens is 1. The highest BCUT2D eigenvalue weighted by Gasteiger charge is 2.23. The number of rotatable bonds is 5. The van der Waals surface area contributed by atoms with Crippen molar-refractivity contribution in [2.45, 2.75) is 40.7 Å². The molecule has 0 fully saturated rings. The molecule has 0 aliphatic rings. The summed E-state index contributed by atoms with van der Waals surface area (Å²) >= 11 is 6.20. The molecule has 6 heteroatoms. The molecule has 0 N–H and O–H groups in total. The van der Waals surface area contributed by atoms with E-state index in [4.69, 9.17) is 16.3 Å². The zero-order chi connectivity index (χ0) is 21.3. The summed E-state index contributed by atoms with van der Waals surface area (Å²) in [5.74, 6) is -0.0862. The van der Waals surface area contributed by atoms with Crippen molar-refractivity contribution in [3.63, 3.8) is 0 Å². The zero-order valence-electron chi connectivity index (χ0n) is 16.7. The normalized spacial score (nSPS) is 11.9. The molecule has 0 saturated carbocycles. The van der Waals surface area contributed by atoms with Crippen LogP contribution in [-0.4, -0.2) is 17.4 Å². The molecule has 0 amide bonds. The van der Waals surface area contributed by atoms with E-state index in [2.05, 4.69) is 4.98 Å². The minimum absolute atomic E-state index is 0.0453. The molecular weight excluding hydrogens is 396 g/mol. The van der Waals surface area contributed by atoms with Crippen molar-refractivity contribution >= 4 is 28.3 Å². The first-order chi connectivity index (χ1) is 13.6. The van der Waals surface area contributed by atoms with Crippen molar-refractivity contribution in [2.75, 3.05) is 0 Å². The number of fused-ring (bicyclic) bond motifs is 1. The third-order valence-electron chi connectivity index (χ3n) is 4.79. The van der Waals surface area contributed by atoms with Crippen LogP contribution in [0.4, 0.5) is 8.78 Å². The van der Waals surface area contributed by atoms with Crippen LogP contribution in [0.2, 0.25) is 5.02 Å². The molecule has 0 aliphatic carbocycles. The van der Waals surface area contributed by atoms with Gasteiger partial charge in [-0.1, -0.05) is 68.8 Å². The molecule has 152 valence electrons. The van der Waals surface area contributed by atoms with Crippen molar-refractivity contribution in [1.82, 2.24) is 4.98 Å². The number of ketones is 1. The highest BCUT2D eigenvalue weighted by Crippen LogP contribution is 2.33. The summed E-state index contributed by atoms with van der Waals surface area (Å²) in [4.78, 5) is 16.7. The predicted octanol–water partition coefficient (Wildman–Crippen LogP) is 6.62. The van der Waals surface area contributed by atoms with E-state index >= 15 is 0 Å². The number of pyridine rings is 1. The summed E-state index contributed by atoms with van der Waals surface area (Å²) in [6.07, 6.45) is 0.341. The largest absolute Gasteiger partial charge is 0.417 e. The molecule has 2 aromatic carbocycles. The lowest BCUT2D eigenvalue weighted by Gasteiger charge is -2.17. The summed E-state index contributed by atoms with van der Waals surface area (Å²) < 4.78 is 30.7. The van der Waals surface area contributed by atoms with Gasteiger partial charge in [-0.3, -0.25) is 4.79 Å². The molecule has 3 nitrogen and oxygen atoms in total. The molecule has 1 aromatic heterocycles. The van der Waals surface area contributed by atoms with Gasteiger partial charge in [-0.05, 0) is 24.1 Å². The Labute approximate surface area is 173 Å². The third-order valence-corrected chi connectivity index (χ3v) is 5.10. The molecule has 3 rings (SSSR count). The van der Waals surface area contributed by atoms with Gasteiger partial charge in [-0.2, -0.15) is 8.78 Å². The van der Waals surface area contributed by atoms with E-state index in [1.165, 1.54) is 0 Å². The molecule has 3 aromatic rings. The van der Waals surface area contributed by atoms with Gasteiger partial charge in [0, 0.05) is 28.3 Å². The first kappa shape index (κ1) is 21.2. The lowest BCUT2D eigenvalue weighted by Crippen LogP contribution is -2.20. The summed E-state index contributed by atoms with van der Waals surface area (Å²) in [5.41, 5.74) is 2.78. The van der Waals surface area contributed by atoms with Gasteiger partial charge in [0.15, 0.2) is 5.78 Å². The molecule has 0 radical (unpaired) electrons. The van der Waals surface area contributed by atoms with Gasteiger partial charge < -0.3 is 4.74 Å². The number of hydrogen-bond donors (Lipinski definition) is 0. The van der Waals surface area contributed by atoms with Crippen molar-refractivity contribution in [3.8, 4) is 5.88 Å². The molecule has 1 heterocycles. The second-order valence-corrected chi connectivity index (χ2v) is 8.40. The van der Waals surface area contributed by atoms with Crippen molar-refractivity contribution in [3.05, 3.63) is 69.7 Å². The fraction of sp³-hybridized carbons (Fsp3) is 0.304. The Morgan fingerprint density at radius 2 is 1.79 bits per heavy atom. The van der Waals surface area contributed by atoms with Gasteiger partial charge in [0.25, 0.3) is 0 Å². The van der Waals surface area contributed by atoms with Gasteiger partial charge >= 0.3 is 6.61 Å². The van der Waals surface area contributed by atoms with E-state index in [1.54, 1.807) is 24.3 Å². The van der Waals surface area contributed by atoms with Crippen molar-refractivity contribution in [2.24, 2.45) is 5.41 Å². The first-order valence-corrected chi connectivity index (χ1v) is 9.62. The first-order valence-electron chi connectivity index (χ1n) is 9.24. The quantitative estimate of drug-likeness (QED) is 0.438. The van der Waals surface area contributed by atoms with Crippen LogP contribution in [0.5, 0.6) is 5.88 Å². The molecule has 0 atom stereocenters. The number of halogens is 3. The maximum Gasteiger partial charge on any atom is 0.388 e. The number of alkyl halides is 2. The van der Waals surface area contributed by atoms with Gasteiger partial charge in [0.05, 0.1) is 10.5 Å².